The van der Waals surface area contributed by atoms with Crippen LogP contribution in [0.25, 0.3) is 16.9 Å². The Morgan fingerprint density at radius 3 is 2.32 bits per heavy atom. The molecule has 0 unspecified atom stereocenters. The number of nitrogens with two attached hydrogens (primary N) is 1. The Morgan fingerprint density at radius 2 is 1.65 bits per heavy atom. The molecule has 1 amide bonds. The van der Waals surface area contributed by atoms with Crippen molar-refractivity contribution in [3.05, 3.63) is 101 Å². The number of aliphatic hydroxyl groups is 1. The molecule has 3 N–H and O–H groups in total. The maximum absolute atomic E-state index is 13.1. The molecule has 0 spiro atoms. The number of hydrogen-bond acceptors (Lipinski definition) is 4. The van der Waals surface area contributed by atoms with Gasteiger partial charge < -0.3 is 15.7 Å². The molecule has 7 heteroatoms. The molecule has 5 rings (SSSR count). The van der Waals surface area contributed by atoms with E-state index in [1.54, 1.807) is 27.8 Å². The summed E-state index contributed by atoms with van der Waals surface area (Å²) < 4.78 is 1.64. The normalized spacial score (nSPS) is 15.3. The average Bonchev–Trinajstić information content (AvgIpc) is 3.26. The largest absolute Gasteiger partial charge is 0.385 e. The van der Waals surface area contributed by atoms with Gasteiger partial charge >= 0.3 is 0 Å². The van der Waals surface area contributed by atoms with E-state index in [1.807, 2.05) is 66.7 Å². The highest BCUT2D eigenvalue weighted by Crippen LogP contribution is 2.33. The maximum Gasteiger partial charge on any atom is 0.253 e. The van der Waals surface area contributed by atoms with Crippen molar-refractivity contribution < 1.29 is 9.90 Å². The fourth-order valence-corrected chi connectivity index (χ4v) is 4.63. The van der Waals surface area contributed by atoms with Crippen molar-refractivity contribution in [3.8, 4) is 16.9 Å². The summed E-state index contributed by atoms with van der Waals surface area (Å²) in [4.78, 5) is 14.9. The summed E-state index contributed by atoms with van der Waals surface area (Å²) in [5.41, 5.74) is 9.18. The van der Waals surface area contributed by atoms with Gasteiger partial charge in [0, 0.05) is 35.3 Å². The van der Waals surface area contributed by atoms with Crippen LogP contribution in [-0.4, -0.2) is 38.8 Å². The first-order valence-electron chi connectivity index (χ1n) is 11.2. The van der Waals surface area contributed by atoms with Crippen molar-refractivity contribution in [3.63, 3.8) is 0 Å². The van der Waals surface area contributed by atoms with Crippen LogP contribution >= 0.6 is 11.6 Å². The van der Waals surface area contributed by atoms with Crippen LogP contribution in [0.4, 0.5) is 5.82 Å². The Hall–Kier alpha value is -3.61. The summed E-state index contributed by atoms with van der Waals surface area (Å²) in [7, 11) is 0. The van der Waals surface area contributed by atoms with Gasteiger partial charge in [0.1, 0.15) is 5.82 Å². The molecule has 0 atom stereocenters. The molecule has 0 bridgehead atoms. The summed E-state index contributed by atoms with van der Waals surface area (Å²) in [5, 5.41) is 16.3. The summed E-state index contributed by atoms with van der Waals surface area (Å²) >= 11 is 6.10. The summed E-state index contributed by atoms with van der Waals surface area (Å²) in [5.74, 6) is 0.444. The number of amides is 1. The number of benzene rings is 3. The third-order valence-corrected chi connectivity index (χ3v) is 6.64. The van der Waals surface area contributed by atoms with E-state index in [0.29, 0.717) is 42.3 Å². The van der Waals surface area contributed by atoms with Crippen molar-refractivity contribution in [2.24, 2.45) is 0 Å². The van der Waals surface area contributed by atoms with E-state index in [0.717, 1.165) is 22.5 Å². The molecule has 3 aromatic carbocycles. The highest BCUT2D eigenvalue weighted by molar-refractivity contribution is 6.30. The van der Waals surface area contributed by atoms with Gasteiger partial charge in [-0.3, -0.25) is 4.79 Å². The van der Waals surface area contributed by atoms with Crippen LogP contribution in [0.2, 0.25) is 5.02 Å². The second-order valence-electron chi connectivity index (χ2n) is 8.61. The predicted molar refractivity (Wildman–Crippen MR) is 134 cm³/mol. The van der Waals surface area contributed by atoms with Gasteiger partial charge in [-0.15, -0.1) is 0 Å². The van der Waals surface area contributed by atoms with Gasteiger partial charge in [-0.25, -0.2) is 4.68 Å². The lowest BCUT2D eigenvalue weighted by molar-refractivity contribution is -0.0211. The molecule has 6 nitrogen and oxygen atoms in total. The van der Waals surface area contributed by atoms with Crippen molar-refractivity contribution in [2.45, 2.75) is 18.4 Å². The second-order valence-corrected chi connectivity index (χ2v) is 9.05. The number of carbonyl (C=O) groups excluding carboxylic acids is 1. The number of rotatable bonds is 4. The maximum atomic E-state index is 13.1. The van der Waals surface area contributed by atoms with Gasteiger partial charge in [-0.05, 0) is 54.8 Å². The first-order valence-corrected chi connectivity index (χ1v) is 11.6. The molecule has 0 aliphatic carbocycles. The number of likely N-dealkylation sites (tertiary alicyclic amines) is 1. The van der Waals surface area contributed by atoms with E-state index in [9.17, 15) is 9.90 Å². The van der Waals surface area contributed by atoms with Crippen LogP contribution in [0.5, 0.6) is 0 Å². The Balaban J connectivity index is 1.29. The Labute approximate surface area is 203 Å². The van der Waals surface area contributed by atoms with Gasteiger partial charge in [-0.1, -0.05) is 54.1 Å². The fraction of sp³-hybridized carbons (Fsp3) is 0.185. The number of halogens is 1. The van der Waals surface area contributed by atoms with Crippen molar-refractivity contribution >= 4 is 23.3 Å². The first kappa shape index (κ1) is 22.2. The minimum absolute atomic E-state index is 0.0466. The van der Waals surface area contributed by atoms with Gasteiger partial charge in [-0.2, -0.15) is 5.10 Å². The van der Waals surface area contributed by atoms with Crippen molar-refractivity contribution in [2.75, 3.05) is 18.8 Å². The predicted octanol–water partition coefficient (Wildman–Crippen LogP) is 4.90. The Kier molecular flexibility index (Phi) is 5.86. The average molecular weight is 473 g/mol. The van der Waals surface area contributed by atoms with Gasteiger partial charge in [0.25, 0.3) is 5.91 Å². The van der Waals surface area contributed by atoms with E-state index in [1.165, 1.54) is 0 Å². The van der Waals surface area contributed by atoms with Crippen LogP contribution < -0.4 is 5.73 Å². The summed E-state index contributed by atoms with van der Waals surface area (Å²) in [6, 6.07) is 26.2. The lowest BCUT2D eigenvalue weighted by Gasteiger charge is -2.38. The van der Waals surface area contributed by atoms with Gasteiger partial charge in [0.05, 0.1) is 17.0 Å². The monoisotopic (exact) mass is 472 g/mol. The van der Waals surface area contributed by atoms with Crippen LogP contribution in [0.1, 0.15) is 28.8 Å². The van der Waals surface area contributed by atoms with Crippen LogP contribution in [0, 0.1) is 0 Å². The first-order chi connectivity index (χ1) is 16.4. The number of carbonyl (C=O) groups is 1. The topological polar surface area (TPSA) is 84.4 Å². The van der Waals surface area contributed by atoms with Crippen LogP contribution in [0.15, 0.2) is 84.9 Å². The molecule has 0 saturated carbocycles. The van der Waals surface area contributed by atoms with Crippen molar-refractivity contribution in [1.82, 2.24) is 14.7 Å². The quantitative estimate of drug-likeness (QED) is 0.442. The zero-order valence-corrected chi connectivity index (χ0v) is 19.3. The number of hydrogen-bond donors (Lipinski definition) is 2. The molecule has 2 heterocycles. The molecule has 1 aliphatic heterocycles. The molecule has 1 fully saturated rings. The van der Waals surface area contributed by atoms with E-state index in [4.69, 9.17) is 17.3 Å². The molecular weight excluding hydrogens is 448 g/mol. The molecule has 1 aromatic heterocycles. The minimum Gasteiger partial charge on any atom is -0.385 e. The van der Waals surface area contributed by atoms with Gasteiger partial charge in [0.15, 0.2) is 0 Å². The van der Waals surface area contributed by atoms with E-state index >= 15 is 0 Å². The second kappa shape index (κ2) is 8.97. The molecule has 34 heavy (non-hydrogen) atoms. The molecule has 1 aliphatic rings. The number of piperidine rings is 1. The molecule has 4 aromatic rings. The molecule has 172 valence electrons. The number of anilines is 1. The van der Waals surface area contributed by atoms with Crippen LogP contribution in [0.3, 0.4) is 0 Å². The van der Waals surface area contributed by atoms with Gasteiger partial charge in [0.2, 0.25) is 0 Å². The third-order valence-electron chi connectivity index (χ3n) is 6.41. The third kappa shape index (κ3) is 4.30. The van der Waals surface area contributed by atoms with Crippen molar-refractivity contribution in [1.29, 1.82) is 0 Å². The van der Waals surface area contributed by atoms with E-state index < -0.39 is 5.60 Å². The minimum atomic E-state index is -0.889. The SMILES string of the molecule is Nc1cc(-c2cccc(Cl)c2)nn1-c1ccc(C(=O)N2CCC(O)(c3ccccc3)CC2)cc1. The summed E-state index contributed by atoms with van der Waals surface area (Å²) in [6.07, 6.45) is 1.02. The molecule has 0 radical (unpaired) electrons. The van der Waals surface area contributed by atoms with E-state index in [-0.39, 0.29) is 5.91 Å². The lowest BCUT2D eigenvalue weighted by atomic mass is 9.84. The highest BCUT2D eigenvalue weighted by atomic mass is 35.5. The van der Waals surface area contributed by atoms with Crippen LogP contribution in [-0.2, 0) is 5.60 Å². The van der Waals surface area contributed by atoms with E-state index in [2.05, 4.69) is 5.10 Å². The number of nitrogen functional groups attached to an aromatic ring is 1. The molecule has 1 saturated heterocycles. The zero-order valence-electron chi connectivity index (χ0n) is 18.6. The standard InChI is InChI=1S/C27H25ClN4O2/c28-22-8-4-5-20(17-22)24-18-25(29)32(30-24)23-11-9-19(10-12-23)26(33)31-15-13-27(34,14-16-31)21-6-2-1-3-7-21/h1-12,17-18,34H,13-16,29H2. The number of nitrogens with zero attached hydrogens (tertiary/aromatic N) is 3. The summed E-state index contributed by atoms with van der Waals surface area (Å²) in [6.45, 7) is 1.00. The smallest absolute Gasteiger partial charge is 0.253 e. The number of aromatic nitrogens is 2. The fourth-order valence-electron chi connectivity index (χ4n) is 4.44. The highest BCUT2D eigenvalue weighted by Gasteiger charge is 2.35. The molecular formula is C27H25ClN4O2. The Bertz CT molecular complexity index is 1310. The zero-order chi connectivity index (χ0) is 23.7. The lowest BCUT2D eigenvalue weighted by Crippen LogP contribution is -2.45. The Morgan fingerprint density at radius 1 is 0.941 bits per heavy atom.